The predicted octanol–water partition coefficient (Wildman–Crippen LogP) is 2.53. The maximum absolute atomic E-state index is 12.6. The topological polar surface area (TPSA) is 102 Å². The number of ether oxygens (including phenoxy) is 1. The summed E-state index contributed by atoms with van der Waals surface area (Å²) in [6, 6.07) is 6.05. The first-order valence-electron chi connectivity index (χ1n) is 9.30. The minimum Gasteiger partial charge on any atom is -0.470 e. The molecule has 2 aromatic rings. The van der Waals surface area contributed by atoms with Crippen molar-refractivity contribution in [1.29, 1.82) is 0 Å². The standard InChI is InChI=1S/C20H23N5O4/c1-23(2)19-20(22-12-11-21-19)29-17-4-3-13-24(14-17)18(26)10-7-15-5-8-16(9-6-15)25(27)28/h5-12,17H,3-4,13-14H2,1-2H3/b10-7+. The van der Waals surface area contributed by atoms with Crippen LogP contribution in [0.15, 0.2) is 42.7 Å². The van der Waals surface area contributed by atoms with Crippen LogP contribution in [0.2, 0.25) is 0 Å². The lowest BCUT2D eigenvalue weighted by Crippen LogP contribution is -2.44. The average Bonchev–Trinajstić information content (AvgIpc) is 2.72. The molecule has 1 aliphatic rings. The van der Waals surface area contributed by atoms with Crippen molar-refractivity contribution in [1.82, 2.24) is 14.9 Å². The Labute approximate surface area is 168 Å². The molecule has 1 aromatic heterocycles. The van der Waals surface area contributed by atoms with Crippen LogP contribution in [0, 0.1) is 10.1 Å². The quantitative estimate of drug-likeness (QED) is 0.419. The number of likely N-dealkylation sites (tertiary alicyclic amines) is 1. The fraction of sp³-hybridized carbons (Fsp3) is 0.350. The van der Waals surface area contributed by atoms with Crippen LogP contribution in [0.3, 0.4) is 0 Å². The van der Waals surface area contributed by atoms with E-state index in [2.05, 4.69) is 9.97 Å². The van der Waals surface area contributed by atoms with Gasteiger partial charge in [0, 0.05) is 51.2 Å². The van der Waals surface area contributed by atoms with Gasteiger partial charge in [-0.15, -0.1) is 0 Å². The molecule has 1 saturated heterocycles. The van der Waals surface area contributed by atoms with Crippen molar-refractivity contribution < 1.29 is 14.5 Å². The van der Waals surface area contributed by atoms with Gasteiger partial charge in [0.05, 0.1) is 11.5 Å². The highest BCUT2D eigenvalue weighted by Crippen LogP contribution is 2.24. The number of carbonyl (C=O) groups is 1. The molecule has 0 bridgehead atoms. The molecule has 0 radical (unpaired) electrons. The molecule has 1 aromatic carbocycles. The molecule has 0 aliphatic carbocycles. The number of rotatable bonds is 6. The number of anilines is 1. The lowest BCUT2D eigenvalue weighted by atomic mass is 10.1. The highest BCUT2D eigenvalue weighted by molar-refractivity contribution is 5.91. The molecule has 1 fully saturated rings. The second-order valence-corrected chi connectivity index (χ2v) is 6.93. The van der Waals surface area contributed by atoms with Crippen molar-refractivity contribution in [2.45, 2.75) is 18.9 Å². The van der Waals surface area contributed by atoms with Crippen LogP contribution in [-0.2, 0) is 4.79 Å². The third-order valence-corrected chi connectivity index (χ3v) is 4.56. The highest BCUT2D eigenvalue weighted by Gasteiger charge is 2.25. The van der Waals surface area contributed by atoms with E-state index in [4.69, 9.17) is 4.74 Å². The molecular weight excluding hydrogens is 374 g/mol. The summed E-state index contributed by atoms with van der Waals surface area (Å²) < 4.78 is 6.03. The summed E-state index contributed by atoms with van der Waals surface area (Å²) in [6.45, 7) is 1.12. The summed E-state index contributed by atoms with van der Waals surface area (Å²) in [6.07, 6.45) is 7.85. The van der Waals surface area contributed by atoms with Gasteiger partial charge in [-0.3, -0.25) is 14.9 Å². The molecule has 29 heavy (non-hydrogen) atoms. The molecule has 3 rings (SSSR count). The average molecular weight is 397 g/mol. The summed E-state index contributed by atoms with van der Waals surface area (Å²) >= 11 is 0. The van der Waals surface area contributed by atoms with Crippen molar-refractivity contribution in [2.24, 2.45) is 0 Å². The Hall–Kier alpha value is -3.49. The van der Waals surface area contributed by atoms with Crippen molar-refractivity contribution in [3.63, 3.8) is 0 Å². The van der Waals surface area contributed by atoms with E-state index in [1.807, 2.05) is 19.0 Å². The van der Waals surface area contributed by atoms with Gasteiger partial charge in [0.1, 0.15) is 6.10 Å². The zero-order valence-electron chi connectivity index (χ0n) is 16.4. The fourth-order valence-electron chi connectivity index (χ4n) is 3.08. The number of nitro groups is 1. The lowest BCUT2D eigenvalue weighted by molar-refractivity contribution is -0.384. The maximum Gasteiger partial charge on any atom is 0.269 e. The first-order valence-corrected chi connectivity index (χ1v) is 9.30. The van der Waals surface area contributed by atoms with Crippen molar-refractivity contribution in [3.8, 4) is 5.88 Å². The smallest absolute Gasteiger partial charge is 0.269 e. The summed E-state index contributed by atoms with van der Waals surface area (Å²) in [5.41, 5.74) is 0.745. The minimum atomic E-state index is -0.453. The van der Waals surface area contributed by atoms with Crippen molar-refractivity contribution >= 4 is 23.5 Å². The number of benzene rings is 1. The number of non-ortho nitro benzene ring substituents is 1. The third-order valence-electron chi connectivity index (χ3n) is 4.56. The number of nitro benzene ring substituents is 1. The Morgan fingerprint density at radius 2 is 2.00 bits per heavy atom. The van der Waals surface area contributed by atoms with Gasteiger partial charge in [-0.25, -0.2) is 9.97 Å². The van der Waals surface area contributed by atoms with Gasteiger partial charge in [0.15, 0.2) is 5.82 Å². The van der Waals surface area contributed by atoms with E-state index in [0.717, 1.165) is 18.4 Å². The number of carbonyl (C=O) groups excluding carboxylic acids is 1. The van der Waals surface area contributed by atoms with Crippen LogP contribution in [0.5, 0.6) is 5.88 Å². The SMILES string of the molecule is CN(C)c1nccnc1OC1CCCN(C(=O)/C=C/c2ccc([N+](=O)[O-])cc2)C1. The van der Waals surface area contributed by atoms with Crippen LogP contribution in [0.25, 0.3) is 6.08 Å². The summed E-state index contributed by atoms with van der Waals surface area (Å²) in [5, 5.41) is 10.7. The summed E-state index contributed by atoms with van der Waals surface area (Å²) in [4.78, 5) is 34.9. The van der Waals surface area contributed by atoms with Gasteiger partial charge in [-0.2, -0.15) is 0 Å². The largest absolute Gasteiger partial charge is 0.470 e. The van der Waals surface area contributed by atoms with Gasteiger partial charge in [0.2, 0.25) is 5.91 Å². The monoisotopic (exact) mass is 397 g/mol. The van der Waals surface area contributed by atoms with Crippen LogP contribution < -0.4 is 9.64 Å². The molecule has 9 nitrogen and oxygen atoms in total. The molecule has 0 saturated carbocycles. The lowest BCUT2D eigenvalue weighted by Gasteiger charge is -2.32. The summed E-state index contributed by atoms with van der Waals surface area (Å²) in [5.74, 6) is 0.982. The zero-order valence-corrected chi connectivity index (χ0v) is 16.4. The van der Waals surface area contributed by atoms with Gasteiger partial charge in [0.25, 0.3) is 11.6 Å². The first-order chi connectivity index (χ1) is 13.9. The van der Waals surface area contributed by atoms with E-state index in [1.54, 1.807) is 35.5 Å². The fourth-order valence-corrected chi connectivity index (χ4v) is 3.08. The van der Waals surface area contributed by atoms with E-state index in [9.17, 15) is 14.9 Å². The van der Waals surface area contributed by atoms with E-state index in [0.29, 0.717) is 24.8 Å². The number of amides is 1. The van der Waals surface area contributed by atoms with E-state index >= 15 is 0 Å². The van der Waals surface area contributed by atoms with E-state index < -0.39 is 4.92 Å². The predicted molar refractivity (Wildman–Crippen MR) is 109 cm³/mol. The number of aromatic nitrogens is 2. The zero-order chi connectivity index (χ0) is 20.8. The number of hydrogen-bond donors (Lipinski definition) is 0. The van der Waals surface area contributed by atoms with Crippen LogP contribution in [0.4, 0.5) is 11.5 Å². The second-order valence-electron chi connectivity index (χ2n) is 6.93. The molecule has 152 valence electrons. The van der Waals surface area contributed by atoms with Gasteiger partial charge in [-0.05, 0) is 36.6 Å². The van der Waals surface area contributed by atoms with Gasteiger partial charge >= 0.3 is 0 Å². The Bertz CT molecular complexity index is 898. The van der Waals surface area contributed by atoms with Crippen LogP contribution >= 0.6 is 0 Å². The third kappa shape index (κ3) is 5.28. The van der Waals surface area contributed by atoms with Crippen LogP contribution in [-0.4, -0.2) is 59.0 Å². The molecular formula is C20H23N5O4. The Balaban J connectivity index is 1.61. The van der Waals surface area contributed by atoms with E-state index in [1.165, 1.54) is 18.2 Å². The number of hydrogen-bond acceptors (Lipinski definition) is 7. The summed E-state index contributed by atoms with van der Waals surface area (Å²) in [7, 11) is 3.74. The molecule has 0 N–H and O–H groups in total. The highest BCUT2D eigenvalue weighted by atomic mass is 16.6. The molecule has 0 spiro atoms. The number of piperidine rings is 1. The van der Waals surface area contributed by atoms with Crippen molar-refractivity contribution in [2.75, 3.05) is 32.1 Å². The Morgan fingerprint density at radius 1 is 1.28 bits per heavy atom. The molecule has 2 heterocycles. The first kappa shape index (κ1) is 20.2. The second kappa shape index (κ2) is 9.13. The Kier molecular flexibility index (Phi) is 6.38. The molecule has 1 amide bonds. The normalized spacial score (nSPS) is 16.6. The number of nitrogens with zero attached hydrogens (tertiary/aromatic N) is 5. The minimum absolute atomic E-state index is 0.0191. The van der Waals surface area contributed by atoms with E-state index in [-0.39, 0.29) is 17.7 Å². The maximum atomic E-state index is 12.6. The molecule has 9 heteroatoms. The molecule has 1 unspecified atom stereocenters. The van der Waals surface area contributed by atoms with Crippen LogP contribution in [0.1, 0.15) is 18.4 Å². The molecule has 1 atom stereocenters. The Morgan fingerprint density at radius 3 is 2.69 bits per heavy atom. The molecule has 1 aliphatic heterocycles. The van der Waals surface area contributed by atoms with Crippen molar-refractivity contribution in [3.05, 3.63) is 58.4 Å². The van der Waals surface area contributed by atoms with Gasteiger partial charge < -0.3 is 14.5 Å². The van der Waals surface area contributed by atoms with Gasteiger partial charge in [-0.1, -0.05) is 0 Å².